The van der Waals surface area contributed by atoms with E-state index in [2.05, 4.69) is 20.3 Å². The molecule has 0 saturated carbocycles. The van der Waals surface area contributed by atoms with Crippen molar-refractivity contribution in [3.8, 4) is 5.82 Å². The van der Waals surface area contributed by atoms with Crippen molar-refractivity contribution in [2.45, 2.75) is 32.7 Å². The molecule has 1 atom stereocenters. The van der Waals surface area contributed by atoms with Crippen LogP contribution in [0.4, 0.5) is 0 Å². The summed E-state index contributed by atoms with van der Waals surface area (Å²) in [6.45, 7) is 4.73. The van der Waals surface area contributed by atoms with Gasteiger partial charge in [0.05, 0.1) is 11.7 Å². The van der Waals surface area contributed by atoms with Gasteiger partial charge in [0.1, 0.15) is 5.69 Å². The lowest BCUT2D eigenvalue weighted by Gasteiger charge is -2.25. The van der Waals surface area contributed by atoms with Gasteiger partial charge in [-0.05, 0) is 44.9 Å². The van der Waals surface area contributed by atoms with Gasteiger partial charge in [0.15, 0.2) is 5.82 Å². The summed E-state index contributed by atoms with van der Waals surface area (Å²) in [6, 6.07) is 7.34. The van der Waals surface area contributed by atoms with Crippen LogP contribution in [-0.4, -0.2) is 42.3 Å². The molecule has 7 heteroatoms. The van der Waals surface area contributed by atoms with Crippen molar-refractivity contribution < 1.29 is 4.79 Å². The Morgan fingerprint density at radius 1 is 1.28 bits per heavy atom. The van der Waals surface area contributed by atoms with Gasteiger partial charge in [-0.3, -0.25) is 9.89 Å². The molecule has 4 rings (SSSR count). The van der Waals surface area contributed by atoms with E-state index < -0.39 is 0 Å². The van der Waals surface area contributed by atoms with Crippen LogP contribution in [0, 0.1) is 13.8 Å². The van der Waals surface area contributed by atoms with Crippen molar-refractivity contribution in [2.24, 2.45) is 0 Å². The second-order valence-electron chi connectivity index (χ2n) is 6.34. The predicted molar refractivity (Wildman–Crippen MR) is 92.4 cm³/mol. The highest BCUT2D eigenvalue weighted by Crippen LogP contribution is 2.35. The number of nitrogens with one attached hydrogen (secondary N) is 1. The number of nitrogens with zero attached hydrogens (tertiary/aromatic N) is 5. The second-order valence-corrected chi connectivity index (χ2v) is 6.34. The summed E-state index contributed by atoms with van der Waals surface area (Å²) in [5, 5.41) is 11.5. The fraction of sp³-hybridized carbons (Fsp3) is 0.333. The minimum Gasteiger partial charge on any atom is -0.330 e. The quantitative estimate of drug-likeness (QED) is 0.797. The van der Waals surface area contributed by atoms with Gasteiger partial charge in [-0.15, -0.1) is 0 Å². The Hall–Kier alpha value is -2.96. The number of H-pyrrole nitrogens is 1. The molecule has 0 aromatic carbocycles. The third-order valence-electron chi connectivity index (χ3n) is 4.72. The van der Waals surface area contributed by atoms with Crippen LogP contribution in [0.5, 0.6) is 0 Å². The molecular formula is C18H20N6O. The van der Waals surface area contributed by atoms with E-state index >= 15 is 0 Å². The van der Waals surface area contributed by atoms with E-state index in [1.54, 1.807) is 16.9 Å². The number of aryl methyl sites for hydroxylation is 2. The van der Waals surface area contributed by atoms with Crippen LogP contribution in [0.3, 0.4) is 0 Å². The number of aromatic nitrogens is 5. The van der Waals surface area contributed by atoms with E-state index in [0.717, 1.165) is 36.3 Å². The monoisotopic (exact) mass is 336 g/mol. The standard InChI is InChI=1S/C18H20N6O/c1-12-17(13(2)22-21-12)15-7-4-10-23(15)18(25)14-6-3-8-16(20-14)24-11-5-9-19-24/h3,5-6,8-9,11,15H,4,7,10H2,1-2H3,(H,21,22). The largest absolute Gasteiger partial charge is 0.330 e. The molecule has 128 valence electrons. The van der Waals surface area contributed by atoms with Gasteiger partial charge in [-0.2, -0.15) is 10.2 Å². The SMILES string of the molecule is Cc1n[nH]c(C)c1C1CCCN1C(=O)c1cccc(-n2cccn2)n1. The molecule has 1 fully saturated rings. The van der Waals surface area contributed by atoms with Crippen molar-refractivity contribution in [1.29, 1.82) is 0 Å². The number of likely N-dealkylation sites (tertiary alicyclic amines) is 1. The summed E-state index contributed by atoms with van der Waals surface area (Å²) in [5.41, 5.74) is 3.56. The molecule has 1 N–H and O–H groups in total. The van der Waals surface area contributed by atoms with Crippen LogP contribution >= 0.6 is 0 Å². The van der Waals surface area contributed by atoms with Crippen molar-refractivity contribution in [1.82, 2.24) is 29.9 Å². The normalized spacial score (nSPS) is 17.2. The molecule has 1 unspecified atom stereocenters. The van der Waals surface area contributed by atoms with Crippen LogP contribution in [0.2, 0.25) is 0 Å². The zero-order valence-corrected chi connectivity index (χ0v) is 14.3. The average Bonchev–Trinajstić information content (AvgIpc) is 3.36. The summed E-state index contributed by atoms with van der Waals surface area (Å²) < 4.78 is 1.66. The number of rotatable bonds is 3. The highest BCUT2D eigenvalue weighted by atomic mass is 16.2. The Balaban J connectivity index is 1.65. The summed E-state index contributed by atoms with van der Waals surface area (Å²) in [5.74, 6) is 0.596. The number of amides is 1. The lowest BCUT2D eigenvalue weighted by atomic mass is 10.0. The van der Waals surface area contributed by atoms with Gasteiger partial charge >= 0.3 is 0 Å². The Morgan fingerprint density at radius 2 is 2.16 bits per heavy atom. The van der Waals surface area contributed by atoms with Gasteiger partial charge in [-0.25, -0.2) is 9.67 Å². The summed E-state index contributed by atoms with van der Waals surface area (Å²) in [4.78, 5) is 19.5. The van der Waals surface area contributed by atoms with E-state index in [9.17, 15) is 4.79 Å². The number of aromatic amines is 1. The fourth-order valence-corrected chi connectivity index (χ4v) is 3.58. The van der Waals surface area contributed by atoms with Crippen molar-refractivity contribution in [2.75, 3.05) is 6.54 Å². The smallest absolute Gasteiger partial charge is 0.273 e. The molecule has 0 radical (unpaired) electrons. The average molecular weight is 336 g/mol. The number of carbonyl (C=O) groups excluding carboxylic acids is 1. The lowest BCUT2D eigenvalue weighted by Crippen LogP contribution is -2.31. The van der Waals surface area contributed by atoms with Gasteiger partial charge in [0.25, 0.3) is 5.91 Å². The topological polar surface area (TPSA) is 79.7 Å². The van der Waals surface area contributed by atoms with E-state index in [4.69, 9.17) is 0 Å². The molecule has 3 aromatic heterocycles. The first kappa shape index (κ1) is 15.6. The minimum atomic E-state index is -0.0449. The molecule has 4 heterocycles. The third kappa shape index (κ3) is 2.71. The van der Waals surface area contributed by atoms with Crippen molar-refractivity contribution >= 4 is 5.91 Å². The summed E-state index contributed by atoms with van der Waals surface area (Å²) in [6.07, 6.45) is 5.44. The Labute approximate surface area is 145 Å². The minimum absolute atomic E-state index is 0.0449. The molecule has 0 bridgehead atoms. The highest BCUT2D eigenvalue weighted by molar-refractivity contribution is 5.93. The molecule has 0 aliphatic carbocycles. The highest BCUT2D eigenvalue weighted by Gasteiger charge is 2.34. The Bertz CT molecular complexity index is 879. The maximum atomic E-state index is 13.1. The maximum absolute atomic E-state index is 13.1. The molecule has 0 spiro atoms. The van der Waals surface area contributed by atoms with Gasteiger partial charge in [-0.1, -0.05) is 6.07 Å². The second kappa shape index (κ2) is 6.16. The predicted octanol–water partition coefficient (Wildman–Crippen LogP) is 2.58. The number of pyridine rings is 1. The zero-order valence-electron chi connectivity index (χ0n) is 14.3. The van der Waals surface area contributed by atoms with E-state index in [-0.39, 0.29) is 11.9 Å². The Morgan fingerprint density at radius 3 is 2.88 bits per heavy atom. The molecule has 1 amide bonds. The molecular weight excluding hydrogens is 316 g/mol. The number of hydrogen-bond acceptors (Lipinski definition) is 4. The van der Waals surface area contributed by atoms with Crippen LogP contribution in [0.1, 0.15) is 46.3 Å². The molecule has 1 aliphatic rings. The summed E-state index contributed by atoms with van der Waals surface area (Å²) in [7, 11) is 0. The zero-order chi connectivity index (χ0) is 17.4. The van der Waals surface area contributed by atoms with Gasteiger partial charge in [0.2, 0.25) is 0 Å². The van der Waals surface area contributed by atoms with E-state index in [0.29, 0.717) is 11.5 Å². The maximum Gasteiger partial charge on any atom is 0.273 e. The van der Waals surface area contributed by atoms with Crippen LogP contribution < -0.4 is 0 Å². The van der Waals surface area contributed by atoms with Gasteiger partial charge < -0.3 is 4.90 Å². The van der Waals surface area contributed by atoms with Gasteiger partial charge in [0, 0.05) is 30.2 Å². The molecule has 25 heavy (non-hydrogen) atoms. The van der Waals surface area contributed by atoms with Crippen LogP contribution in [0.15, 0.2) is 36.7 Å². The van der Waals surface area contributed by atoms with Crippen molar-refractivity contribution in [3.05, 3.63) is 59.3 Å². The van der Waals surface area contributed by atoms with Crippen molar-refractivity contribution in [3.63, 3.8) is 0 Å². The molecule has 3 aromatic rings. The fourth-order valence-electron chi connectivity index (χ4n) is 3.58. The first-order chi connectivity index (χ1) is 12.1. The molecule has 1 aliphatic heterocycles. The number of hydrogen-bond donors (Lipinski definition) is 1. The van der Waals surface area contributed by atoms with E-state index in [1.807, 2.05) is 43.1 Å². The van der Waals surface area contributed by atoms with E-state index in [1.165, 1.54) is 0 Å². The molecule has 7 nitrogen and oxygen atoms in total. The lowest BCUT2D eigenvalue weighted by molar-refractivity contribution is 0.0729. The van der Waals surface area contributed by atoms with Crippen LogP contribution in [-0.2, 0) is 0 Å². The summed E-state index contributed by atoms with van der Waals surface area (Å²) >= 11 is 0. The first-order valence-electron chi connectivity index (χ1n) is 8.44. The Kier molecular flexibility index (Phi) is 3.83. The van der Waals surface area contributed by atoms with Crippen LogP contribution in [0.25, 0.3) is 5.82 Å². The molecule has 1 saturated heterocycles. The third-order valence-corrected chi connectivity index (χ3v) is 4.72. The first-order valence-corrected chi connectivity index (χ1v) is 8.44. The number of carbonyl (C=O) groups is 1.